The van der Waals surface area contributed by atoms with Gasteiger partial charge in [-0.1, -0.05) is 0 Å². The first-order valence-electron chi connectivity index (χ1n) is 4.17. The fourth-order valence-electron chi connectivity index (χ4n) is 1.86. The third-order valence-corrected chi connectivity index (χ3v) is 2.28. The molecule has 3 nitrogen and oxygen atoms in total. The molecule has 0 aliphatic carbocycles. The van der Waals surface area contributed by atoms with Crippen LogP contribution < -0.4 is 5.73 Å². The molecule has 0 bridgehead atoms. The molecule has 0 radical (unpaired) electrons. The van der Waals surface area contributed by atoms with Crippen molar-refractivity contribution in [1.82, 2.24) is 4.90 Å². The molecule has 0 aromatic heterocycles. The number of hydrogen-bond acceptors (Lipinski definition) is 3. The maximum Gasteiger partial charge on any atom is 0.0530 e. The van der Waals surface area contributed by atoms with Crippen LogP contribution in [0.4, 0.5) is 0 Å². The van der Waals surface area contributed by atoms with E-state index >= 15 is 0 Å². The van der Waals surface area contributed by atoms with Crippen molar-refractivity contribution in [3.05, 3.63) is 0 Å². The molecule has 0 saturated carbocycles. The Hall–Kier alpha value is -0.120. The van der Waals surface area contributed by atoms with Crippen LogP contribution >= 0.6 is 0 Å². The lowest BCUT2D eigenvalue weighted by atomic mass is 9.93. The van der Waals surface area contributed by atoms with Gasteiger partial charge in [-0.2, -0.15) is 0 Å². The van der Waals surface area contributed by atoms with Gasteiger partial charge in [0.25, 0.3) is 0 Å². The molecular weight excluding hydrogens is 140 g/mol. The summed E-state index contributed by atoms with van der Waals surface area (Å²) in [6.45, 7) is 3.77. The zero-order valence-electron chi connectivity index (χ0n) is 7.38. The number of aliphatic hydroxyl groups excluding tert-OH is 1. The van der Waals surface area contributed by atoms with Crippen LogP contribution in [0.5, 0.6) is 0 Å². The zero-order chi connectivity index (χ0) is 8.48. The highest BCUT2D eigenvalue weighted by atomic mass is 16.3. The highest BCUT2D eigenvalue weighted by Crippen LogP contribution is 2.21. The number of likely N-dealkylation sites (tertiary alicyclic amines) is 1. The van der Waals surface area contributed by atoms with Crippen LogP contribution in [0, 0.1) is 0 Å². The van der Waals surface area contributed by atoms with Crippen LogP contribution in [0.3, 0.4) is 0 Å². The molecule has 0 aromatic rings. The second kappa shape index (κ2) is 3.09. The Labute approximate surface area is 68.2 Å². The Morgan fingerprint density at radius 2 is 2.36 bits per heavy atom. The summed E-state index contributed by atoms with van der Waals surface area (Å²) < 4.78 is 0. The molecule has 1 aliphatic heterocycles. The molecule has 11 heavy (non-hydrogen) atoms. The van der Waals surface area contributed by atoms with Gasteiger partial charge in [0.15, 0.2) is 0 Å². The quantitative estimate of drug-likeness (QED) is 0.584. The summed E-state index contributed by atoms with van der Waals surface area (Å²) in [4.78, 5) is 2.21. The average molecular weight is 158 g/mol. The first-order chi connectivity index (χ1) is 5.02. The Morgan fingerprint density at radius 1 is 1.73 bits per heavy atom. The van der Waals surface area contributed by atoms with Crippen molar-refractivity contribution < 1.29 is 5.11 Å². The van der Waals surface area contributed by atoms with E-state index in [1.807, 2.05) is 0 Å². The molecule has 0 amide bonds. The molecule has 1 fully saturated rings. The Bertz CT molecular complexity index is 138. The molecule has 2 atom stereocenters. The number of aliphatic hydroxyl groups is 1. The summed E-state index contributed by atoms with van der Waals surface area (Å²) >= 11 is 0. The molecule has 2 unspecified atom stereocenters. The second-order valence-corrected chi connectivity index (χ2v) is 3.90. The first kappa shape index (κ1) is 8.97. The molecule has 0 aromatic carbocycles. The van der Waals surface area contributed by atoms with Gasteiger partial charge in [-0.3, -0.25) is 0 Å². The van der Waals surface area contributed by atoms with Crippen LogP contribution in [-0.2, 0) is 0 Å². The zero-order valence-corrected chi connectivity index (χ0v) is 7.38. The van der Waals surface area contributed by atoms with Crippen molar-refractivity contribution in [2.45, 2.75) is 31.4 Å². The van der Waals surface area contributed by atoms with E-state index in [9.17, 15) is 0 Å². The van der Waals surface area contributed by atoms with E-state index in [4.69, 9.17) is 10.8 Å². The van der Waals surface area contributed by atoms with Gasteiger partial charge < -0.3 is 15.7 Å². The molecule has 3 N–H and O–H groups in total. The minimum Gasteiger partial charge on any atom is -0.393 e. The standard InChI is InChI=1S/C8H18N2O/c1-7(11)5-8(9)3-4-10(2)6-8/h7,11H,3-6,9H2,1-2H3. The van der Waals surface area contributed by atoms with Gasteiger partial charge in [-0.05, 0) is 33.4 Å². The van der Waals surface area contributed by atoms with Crippen LogP contribution in [0.1, 0.15) is 19.8 Å². The molecule has 1 saturated heterocycles. The van der Waals surface area contributed by atoms with Crippen molar-refractivity contribution in [2.24, 2.45) is 5.73 Å². The van der Waals surface area contributed by atoms with E-state index in [2.05, 4.69) is 11.9 Å². The number of likely N-dealkylation sites (N-methyl/N-ethyl adjacent to an activating group) is 1. The van der Waals surface area contributed by atoms with E-state index in [1.54, 1.807) is 6.92 Å². The number of rotatable bonds is 2. The Kier molecular flexibility index (Phi) is 2.52. The molecule has 66 valence electrons. The van der Waals surface area contributed by atoms with Crippen molar-refractivity contribution in [3.63, 3.8) is 0 Å². The average Bonchev–Trinajstić information content (AvgIpc) is 2.08. The third-order valence-electron chi connectivity index (χ3n) is 2.28. The molecular formula is C8H18N2O. The lowest BCUT2D eigenvalue weighted by molar-refractivity contribution is 0.150. The highest BCUT2D eigenvalue weighted by Gasteiger charge is 2.33. The summed E-state index contributed by atoms with van der Waals surface area (Å²) in [7, 11) is 2.07. The summed E-state index contributed by atoms with van der Waals surface area (Å²) in [6.07, 6.45) is 1.46. The Balaban J connectivity index is 2.42. The van der Waals surface area contributed by atoms with E-state index in [0.717, 1.165) is 25.9 Å². The van der Waals surface area contributed by atoms with Gasteiger partial charge in [-0.25, -0.2) is 0 Å². The molecule has 1 aliphatic rings. The molecule has 1 heterocycles. The summed E-state index contributed by atoms with van der Waals surface area (Å²) in [6, 6.07) is 0. The van der Waals surface area contributed by atoms with Crippen LogP contribution in [0.15, 0.2) is 0 Å². The molecule has 3 heteroatoms. The summed E-state index contributed by atoms with van der Waals surface area (Å²) in [5.41, 5.74) is 5.91. The first-order valence-corrected chi connectivity index (χ1v) is 4.17. The van der Waals surface area contributed by atoms with Gasteiger partial charge in [0.05, 0.1) is 6.10 Å². The second-order valence-electron chi connectivity index (χ2n) is 3.90. The summed E-state index contributed by atoms with van der Waals surface area (Å²) in [5.74, 6) is 0. The van der Waals surface area contributed by atoms with Gasteiger partial charge in [0.1, 0.15) is 0 Å². The van der Waals surface area contributed by atoms with Crippen molar-refractivity contribution in [1.29, 1.82) is 0 Å². The van der Waals surface area contributed by atoms with Crippen LogP contribution in [-0.4, -0.2) is 41.8 Å². The molecule has 1 rings (SSSR count). The van der Waals surface area contributed by atoms with Gasteiger partial charge >= 0.3 is 0 Å². The lowest BCUT2D eigenvalue weighted by Gasteiger charge is -2.24. The van der Waals surface area contributed by atoms with Crippen LogP contribution in [0.25, 0.3) is 0 Å². The van der Waals surface area contributed by atoms with Gasteiger partial charge in [-0.15, -0.1) is 0 Å². The lowest BCUT2D eigenvalue weighted by Crippen LogP contribution is -2.44. The predicted molar refractivity (Wildman–Crippen MR) is 45.3 cm³/mol. The van der Waals surface area contributed by atoms with Crippen LogP contribution in [0.2, 0.25) is 0 Å². The SMILES string of the molecule is CC(O)CC1(N)CCN(C)C1. The van der Waals surface area contributed by atoms with E-state index in [0.29, 0.717) is 0 Å². The fraction of sp³-hybridized carbons (Fsp3) is 1.00. The van der Waals surface area contributed by atoms with E-state index in [1.165, 1.54) is 0 Å². The monoisotopic (exact) mass is 158 g/mol. The topological polar surface area (TPSA) is 49.5 Å². The number of nitrogens with two attached hydrogens (primary N) is 1. The predicted octanol–water partition coefficient (Wildman–Crippen LogP) is -0.210. The van der Waals surface area contributed by atoms with Crippen molar-refractivity contribution in [2.75, 3.05) is 20.1 Å². The summed E-state index contributed by atoms with van der Waals surface area (Å²) in [5, 5.41) is 9.17. The Morgan fingerprint density at radius 3 is 2.73 bits per heavy atom. The van der Waals surface area contributed by atoms with Crippen molar-refractivity contribution in [3.8, 4) is 0 Å². The van der Waals surface area contributed by atoms with Gasteiger partial charge in [0.2, 0.25) is 0 Å². The maximum absolute atomic E-state index is 9.17. The highest BCUT2D eigenvalue weighted by molar-refractivity contribution is 4.94. The minimum absolute atomic E-state index is 0.136. The number of hydrogen-bond donors (Lipinski definition) is 2. The van der Waals surface area contributed by atoms with Gasteiger partial charge in [0, 0.05) is 12.1 Å². The largest absolute Gasteiger partial charge is 0.393 e. The van der Waals surface area contributed by atoms with Crippen molar-refractivity contribution >= 4 is 0 Å². The smallest absolute Gasteiger partial charge is 0.0530 e. The minimum atomic E-state index is -0.272. The number of nitrogens with zero attached hydrogens (tertiary/aromatic N) is 1. The third kappa shape index (κ3) is 2.43. The van der Waals surface area contributed by atoms with E-state index in [-0.39, 0.29) is 11.6 Å². The normalized spacial score (nSPS) is 36.0. The fourth-order valence-corrected chi connectivity index (χ4v) is 1.86. The maximum atomic E-state index is 9.17. The van der Waals surface area contributed by atoms with E-state index < -0.39 is 0 Å². The molecule has 0 spiro atoms.